The molecule has 0 saturated carbocycles. The second-order valence-electron chi connectivity index (χ2n) is 5.45. The summed E-state index contributed by atoms with van der Waals surface area (Å²) in [5, 5.41) is 10.9. The van der Waals surface area contributed by atoms with Crippen molar-refractivity contribution < 1.29 is 9.84 Å². The molecule has 2 heterocycles. The average molecular weight is 264 g/mol. The summed E-state index contributed by atoms with van der Waals surface area (Å²) >= 11 is 0. The molecule has 1 aliphatic heterocycles. The van der Waals surface area contributed by atoms with Crippen molar-refractivity contribution in [3.8, 4) is 5.75 Å². The zero-order chi connectivity index (χ0) is 13.7. The second kappa shape index (κ2) is 6.35. The third kappa shape index (κ3) is 3.67. The number of nitrogens with zero attached hydrogens (tertiary/aromatic N) is 2. The topological polar surface area (TPSA) is 45.6 Å². The van der Waals surface area contributed by atoms with Gasteiger partial charge in [-0.05, 0) is 45.3 Å². The van der Waals surface area contributed by atoms with Crippen molar-refractivity contribution in [2.24, 2.45) is 0 Å². The minimum Gasteiger partial charge on any atom is -0.492 e. The maximum atomic E-state index is 10.9. The molecule has 0 aliphatic carbocycles. The zero-order valence-electron chi connectivity index (χ0n) is 11.9. The SMILES string of the molecule is CCCOc1cncc(C2(O)CCCN(C)CC2)c1. The monoisotopic (exact) mass is 264 g/mol. The maximum absolute atomic E-state index is 10.9. The molecule has 19 heavy (non-hydrogen) atoms. The third-order valence-electron chi connectivity index (χ3n) is 3.76. The number of aliphatic hydroxyl groups is 1. The first kappa shape index (κ1) is 14.3. The van der Waals surface area contributed by atoms with Gasteiger partial charge in [-0.1, -0.05) is 6.92 Å². The van der Waals surface area contributed by atoms with E-state index < -0.39 is 5.60 Å². The van der Waals surface area contributed by atoms with Crippen LogP contribution in [0, 0.1) is 0 Å². The molecule has 4 nitrogen and oxygen atoms in total. The Labute approximate surface area is 115 Å². The zero-order valence-corrected chi connectivity index (χ0v) is 11.9. The molecule has 1 aromatic rings. The van der Waals surface area contributed by atoms with Crippen molar-refractivity contribution >= 4 is 0 Å². The number of hydrogen-bond acceptors (Lipinski definition) is 4. The van der Waals surface area contributed by atoms with E-state index in [1.807, 2.05) is 6.07 Å². The van der Waals surface area contributed by atoms with E-state index in [4.69, 9.17) is 4.74 Å². The minimum atomic E-state index is -0.761. The first-order valence-corrected chi connectivity index (χ1v) is 7.13. The summed E-state index contributed by atoms with van der Waals surface area (Å²) in [6, 6.07) is 1.94. The number of likely N-dealkylation sites (tertiary alicyclic amines) is 1. The van der Waals surface area contributed by atoms with Gasteiger partial charge < -0.3 is 14.7 Å². The highest BCUT2D eigenvalue weighted by Crippen LogP contribution is 2.33. The lowest BCUT2D eigenvalue weighted by Crippen LogP contribution is -2.28. The van der Waals surface area contributed by atoms with E-state index >= 15 is 0 Å². The number of rotatable bonds is 4. The highest BCUT2D eigenvalue weighted by Gasteiger charge is 2.31. The van der Waals surface area contributed by atoms with Crippen LogP contribution in [-0.2, 0) is 5.60 Å². The van der Waals surface area contributed by atoms with Crippen molar-refractivity contribution in [2.45, 2.75) is 38.2 Å². The van der Waals surface area contributed by atoms with Gasteiger partial charge >= 0.3 is 0 Å². The maximum Gasteiger partial charge on any atom is 0.137 e. The minimum absolute atomic E-state index is 0.687. The summed E-state index contributed by atoms with van der Waals surface area (Å²) in [7, 11) is 2.10. The Balaban J connectivity index is 2.14. The van der Waals surface area contributed by atoms with Crippen LogP contribution in [0.4, 0.5) is 0 Å². The molecule has 1 fully saturated rings. The molecule has 1 saturated heterocycles. The molecule has 1 aliphatic rings. The molecule has 0 amide bonds. The van der Waals surface area contributed by atoms with E-state index in [0.29, 0.717) is 6.61 Å². The van der Waals surface area contributed by atoms with E-state index in [0.717, 1.165) is 50.1 Å². The van der Waals surface area contributed by atoms with Crippen molar-refractivity contribution in [2.75, 3.05) is 26.7 Å². The molecule has 0 bridgehead atoms. The Morgan fingerprint density at radius 3 is 3.00 bits per heavy atom. The van der Waals surface area contributed by atoms with Crippen molar-refractivity contribution in [3.63, 3.8) is 0 Å². The van der Waals surface area contributed by atoms with Crippen LogP contribution in [0.5, 0.6) is 5.75 Å². The smallest absolute Gasteiger partial charge is 0.137 e. The van der Waals surface area contributed by atoms with Crippen LogP contribution in [0.3, 0.4) is 0 Å². The van der Waals surface area contributed by atoms with Crippen molar-refractivity contribution in [3.05, 3.63) is 24.0 Å². The van der Waals surface area contributed by atoms with Gasteiger partial charge in [-0.3, -0.25) is 4.98 Å². The molecular formula is C15H24N2O2. The van der Waals surface area contributed by atoms with E-state index in [-0.39, 0.29) is 0 Å². The highest BCUT2D eigenvalue weighted by atomic mass is 16.5. The summed E-state index contributed by atoms with van der Waals surface area (Å²) in [5.41, 5.74) is 0.125. The first-order valence-electron chi connectivity index (χ1n) is 7.13. The van der Waals surface area contributed by atoms with Crippen LogP contribution < -0.4 is 4.74 Å². The average Bonchev–Trinajstić information content (AvgIpc) is 2.60. The van der Waals surface area contributed by atoms with Gasteiger partial charge in [-0.15, -0.1) is 0 Å². The summed E-state index contributed by atoms with van der Waals surface area (Å²) in [4.78, 5) is 6.48. The molecule has 0 spiro atoms. The Morgan fingerprint density at radius 2 is 2.21 bits per heavy atom. The van der Waals surface area contributed by atoms with Crippen LogP contribution in [0.2, 0.25) is 0 Å². The fourth-order valence-electron chi connectivity index (χ4n) is 2.51. The Hall–Kier alpha value is -1.13. The lowest BCUT2D eigenvalue weighted by atomic mass is 9.88. The summed E-state index contributed by atoms with van der Waals surface area (Å²) in [6.45, 7) is 4.72. The predicted molar refractivity (Wildman–Crippen MR) is 75.3 cm³/mol. The molecule has 106 valence electrons. The van der Waals surface area contributed by atoms with E-state index in [1.165, 1.54) is 0 Å². The van der Waals surface area contributed by atoms with Crippen molar-refractivity contribution in [1.82, 2.24) is 9.88 Å². The highest BCUT2D eigenvalue weighted by molar-refractivity contribution is 5.28. The van der Waals surface area contributed by atoms with Gasteiger partial charge in [0.05, 0.1) is 18.4 Å². The fourth-order valence-corrected chi connectivity index (χ4v) is 2.51. The molecule has 1 N–H and O–H groups in total. The van der Waals surface area contributed by atoms with E-state index in [2.05, 4.69) is 23.9 Å². The van der Waals surface area contributed by atoms with Gasteiger partial charge in [-0.25, -0.2) is 0 Å². The molecule has 1 aromatic heterocycles. The Kier molecular flexibility index (Phi) is 4.77. The van der Waals surface area contributed by atoms with Gasteiger partial charge in [0.15, 0.2) is 0 Å². The lowest BCUT2D eigenvalue weighted by Gasteiger charge is -2.27. The summed E-state index contributed by atoms with van der Waals surface area (Å²) < 4.78 is 5.60. The first-order chi connectivity index (χ1) is 9.14. The second-order valence-corrected chi connectivity index (χ2v) is 5.45. The molecule has 1 unspecified atom stereocenters. The lowest BCUT2D eigenvalue weighted by molar-refractivity contribution is 0.0212. The predicted octanol–water partition coefficient (Wildman–Crippen LogP) is 2.17. The van der Waals surface area contributed by atoms with E-state index in [9.17, 15) is 5.11 Å². The Morgan fingerprint density at radius 1 is 1.37 bits per heavy atom. The normalized spacial score (nSPS) is 25.0. The van der Waals surface area contributed by atoms with Crippen LogP contribution >= 0.6 is 0 Å². The molecule has 4 heteroatoms. The van der Waals surface area contributed by atoms with Gasteiger partial charge in [0.2, 0.25) is 0 Å². The molecule has 0 radical (unpaired) electrons. The quantitative estimate of drug-likeness (QED) is 0.905. The summed E-state index contributed by atoms with van der Waals surface area (Å²) in [5.74, 6) is 0.755. The molecular weight excluding hydrogens is 240 g/mol. The van der Waals surface area contributed by atoms with Gasteiger partial charge in [0, 0.05) is 18.3 Å². The molecule has 1 atom stereocenters. The number of hydrogen-bond donors (Lipinski definition) is 1. The number of ether oxygens (including phenoxy) is 1. The van der Waals surface area contributed by atoms with Crippen LogP contribution in [0.15, 0.2) is 18.5 Å². The van der Waals surface area contributed by atoms with Crippen LogP contribution in [0.25, 0.3) is 0 Å². The van der Waals surface area contributed by atoms with Gasteiger partial charge in [0.25, 0.3) is 0 Å². The van der Waals surface area contributed by atoms with Crippen LogP contribution in [0.1, 0.15) is 38.2 Å². The Bertz CT molecular complexity index is 411. The standard InChI is InChI=1S/C15H24N2O2/c1-3-9-19-14-10-13(11-16-12-14)15(18)5-4-7-17(2)8-6-15/h10-12,18H,3-9H2,1-2H3. The largest absolute Gasteiger partial charge is 0.492 e. The fraction of sp³-hybridized carbons (Fsp3) is 0.667. The third-order valence-corrected chi connectivity index (χ3v) is 3.76. The molecule has 0 aromatic carbocycles. The van der Waals surface area contributed by atoms with Crippen molar-refractivity contribution in [1.29, 1.82) is 0 Å². The summed E-state index contributed by atoms with van der Waals surface area (Å²) in [6.07, 6.45) is 7.00. The van der Waals surface area contributed by atoms with Gasteiger partial charge in [-0.2, -0.15) is 0 Å². The van der Waals surface area contributed by atoms with E-state index in [1.54, 1.807) is 12.4 Å². The van der Waals surface area contributed by atoms with Crippen LogP contribution in [-0.4, -0.2) is 41.7 Å². The number of pyridine rings is 1. The number of aromatic nitrogens is 1. The van der Waals surface area contributed by atoms with Gasteiger partial charge in [0.1, 0.15) is 5.75 Å². The molecule has 2 rings (SSSR count).